The van der Waals surface area contributed by atoms with Gasteiger partial charge in [-0.15, -0.1) is 0 Å². The minimum absolute atomic E-state index is 0.780. The van der Waals surface area contributed by atoms with E-state index >= 15 is 0 Å². The lowest BCUT2D eigenvalue weighted by Gasteiger charge is -2.50. The summed E-state index contributed by atoms with van der Waals surface area (Å²) >= 11 is 0. The maximum atomic E-state index is 13.0. The van der Waals surface area contributed by atoms with E-state index in [1.54, 1.807) is 0 Å². The molecule has 0 aromatic rings. The van der Waals surface area contributed by atoms with Crippen LogP contribution in [-0.4, -0.2) is 310 Å². The normalized spacial score (nSPS) is 44.6. The zero-order valence-electron chi connectivity index (χ0n) is 40.7. The first-order valence-corrected chi connectivity index (χ1v) is 23.7. The van der Waals surface area contributed by atoms with E-state index in [1.807, 2.05) is 0 Å². The third-order valence-electron chi connectivity index (χ3n) is 13.2. The smallest absolute Gasteiger partial charge is 0.217 e. The van der Waals surface area contributed by atoms with Gasteiger partial charge in [-0.3, -0.25) is 14.4 Å². The molecule has 0 aliphatic carbocycles. The Kier molecular flexibility index (Phi) is 23.0. The van der Waals surface area contributed by atoms with Crippen LogP contribution in [0.15, 0.2) is 0 Å². The van der Waals surface area contributed by atoms with Crippen LogP contribution in [0.5, 0.6) is 0 Å². The molecule has 29 atom stereocenters. The van der Waals surface area contributed by atoms with Crippen LogP contribution in [0, 0.1) is 0 Å². The van der Waals surface area contributed by atoms with Gasteiger partial charge in [-0.1, -0.05) is 0 Å². The van der Waals surface area contributed by atoms with Gasteiger partial charge < -0.3 is 145 Å². The van der Waals surface area contributed by atoms with E-state index < -0.39 is 229 Å². The highest BCUT2D eigenvalue weighted by molar-refractivity contribution is 5.74. The fourth-order valence-electron chi connectivity index (χ4n) is 9.09. The van der Waals surface area contributed by atoms with E-state index in [2.05, 4.69) is 16.0 Å². The van der Waals surface area contributed by atoms with E-state index in [-0.39, 0.29) is 0 Å². The molecule has 3 amide bonds. The SMILES string of the molecule is CC(=O)NC(CO)C(OC1OC(CO)C(O)C(O)C1OC1OC(C)C(O)C(O)C1O)C(O)C(O)COC1OC(CO)C(OC2OC(C)C(O)C(O)C2O)C(OC2OC(CO)C(O)C(O)C2NC(C)=O)C1NC(C)=O. The van der Waals surface area contributed by atoms with Crippen molar-refractivity contribution in [3.8, 4) is 0 Å². The monoisotopic (exact) mass is 1080 g/mol. The maximum Gasteiger partial charge on any atom is 0.217 e. The third kappa shape index (κ3) is 14.3. The molecule has 5 saturated heterocycles. The van der Waals surface area contributed by atoms with Gasteiger partial charge in [-0.25, -0.2) is 0 Å². The molecule has 19 N–H and O–H groups in total. The van der Waals surface area contributed by atoms with Gasteiger partial charge in [0.2, 0.25) is 17.7 Å². The van der Waals surface area contributed by atoms with Crippen LogP contribution in [0.3, 0.4) is 0 Å². The number of hydrogen-bond donors (Lipinski definition) is 19. The zero-order chi connectivity index (χ0) is 55.2. The van der Waals surface area contributed by atoms with Crippen LogP contribution in [0.2, 0.25) is 0 Å². The molecule has 5 rings (SSSR count). The molecule has 0 radical (unpaired) electrons. The number of aliphatic hydroxyl groups is 16. The lowest BCUT2D eigenvalue weighted by atomic mass is 9.93. The molecule has 29 unspecified atom stereocenters. The third-order valence-corrected chi connectivity index (χ3v) is 13.2. The Balaban J connectivity index is 1.49. The van der Waals surface area contributed by atoms with E-state index in [0.29, 0.717) is 0 Å². The molecular formula is C42H73N3O29. The summed E-state index contributed by atoms with van der Waals surface area (Å²) < 4.78 is 58.6. The minimum atomic E-state index is -2.33. The number of rotatable bonds is 21. The number of nitrogens with one attached hydrogen (secondary N) is 3. The van der Waals surface area contributed by atoms with Crippen LogP contribution in [0.1, 0.15) is 34.6 Å². The highest BCUT2D eigenvalue weighted by atomic mass is 16.8. The Morgan fingerprint density at radius 3 is 1.43 bits per heavy atom. The standard InChI is InChI=1S/C42H73N3O29/c1-11-23(54)29(60)32(63)40(66-11)72-35-20(9-49)70-38(22(45-15(5)52)36(35)73-39-21(44-14(4)51)28(59)26(57)18(7-47)68-39)65-10-17(53)25(56)34(16(6-46)43-13(3)50)71-42-37(31(62)27(58)19(8-48)69-42)74-41-33(64)30(61)24(55)12(2)67-41/h11-12,16-42,46-49,53-64H,6-10H2,1-5H3,(H,43,50)(H,44,51)(H,45,52). The molecular weight excluding hydrogens is 1010 g/mol. The summed E-state index contributed by atoms with van der Waals surface area (Å²) in [5.41, 5.74) is 0. The van der Waals surface area contributed by atoms with E-state index in [4.69, 9.17) is 47.4 Å². The number of hydrogen-bond acceptors (Lipinski definition) is 29. The van der Waals surface area contributed by atoms with Crippen molar-refractivity contribution in [1.82, 2.24) is 16.0 Å². The van der Waals surface area contributed by atoms with Crippen molar-refractivity contribution in [2.24, 2.45) is 0 Å². The molecule has 430 valence electrons. The first-order chi connectivity index (χ1) is 34.8. The van der Waals surface area contributed by atoms with Crippen molar-refractivity contribution in [3.63, 3.8) is 0 Å². The fourth-order valence-corrected chi connectivity index (χ4v) is 9.09. The molecule has 5 aliphatic heterocycles. The van der Waals surface area contributed by atoms with Gasteiger partial charge in [-0.05, 0) is 13.8 Å². The molecule has 0 saturated carbocycles. The highest BCUT2D eigenvalue weighted by Gasteiger charge is 2.56. The average Bonchev–Trinajstić information content (AvgIpc) is 3.35. The van der Waals surface area contributed by atoms with Gasteiger partial charge in [0.1, 0.15) is 128 Å². The van der Waals surface area contributed by atoms with E-state index in [9.17, 15) is 96.1 Å². The molecule has 0 spiro atoms. The highest BCUT2D eigenvalue weighted by Crippen LogP contribution is 2.35. The Labute approximate surface area is 422 Å². The molecule has 5 fully saturated rings. The molecule has 32 heteroatoms. The molecule has 32 nitrogen and oxygen atoms in total. The summed E-state index contributed by atoms with van der Waals surface area (Å²) in [5, 5.41) is 179. The number of amides is 3. The van der Waals surface area contributed by atoms with Gasteiger partial charge in [0.05, 0.1) is 51.3 Å². The van der Waals surface area contributed by atoms with Crippen molar-refractivity contribution >= 4 is 17.7 Å². The summed E-state index contributed by atoms with van der Waals surface area (Å²) in [6, 6.07) is -5.09. The van der Waals surface area contributed by atoms with Crippen molar-refractivity contribution in [2.45, 2.75) is 212 Å². The van der Waals surface area contributed by atoms with Crippen LogP contribution in [-0.2, 0) is 61.8 Å². The van der Waals surface area contributed by atoms with Crippen molar-refractivity contribution in [3.05, 3.63) is 0 Å². The topological polar surface area (TPSA) is 503 Å². The second kappa shape index (κ2) is 27.3. The van der Waals surface area contributed by atoms with Gasteiger partial charge in [0.25, 0.3) is 0 Å². The van der Waals surface area contributed by atoms with Crippen molar-refractivity contribution in [2.75, 3.05) is 33.0 Å². The predicted octanol–water partition coefficient (Wildman–Crippen LogP) is -12.0. The molecule has 0 bridgehead atoms. The van der Waals surface area contributed by atoms with Gasteiger partial charge in [0, 0.05) is 20.8 Å². The van der Waals surface area contributed by atoms with Crippen molar-refractivity contribution in [1.29, 1.82) is 0 Å². The summed E-state index contributed by atoms with van der Waals surface area (Å²) in [7, 11) is 0. The van der Waals surface area contributed by atoms with Crippen LogP contribution in [0.4, 0.5) is 0 Å². The molecule has 0 aromatic carbocycles. The first-order valence-electron chi connectivity index (χ1n) is 23.7. The second-order valence-electron chi connectivity index (χ2n) is 18.7. The van der Waals surface area contributed by atoms with Gasteiger partial charge in [0.15, 0.2) is 31.5 Å². The van der Waals surface area contributed by atoms with Gasteiger partial charge >= 0.3 is 0 Å². The number of carbonyl (C=O) groups excluding carboxylic acids is 3. The van der Waals surface area contributed by atoms with Crippen LogP contribution < -0.4 is 16.0 Å². The predicted molar refractivity (Wildman–Crippen MR) is 233 cm³/mol. The van der Waals surface area contributed by atoms with Crippen LogP contribution in [0.25, 0.3) is 0 Å². The summed E-state index contributed by atoms with van der Waals surface area (Å²) in [6.07, 6.45) is -47.8. The summed E-state index contributed by atoms with van der Waals surface area (Å²) in [4.78, 5) is 37.7. The maximum absolute atomic E-state index is 13.0. The molecule has 74 heavy (non-hydrogen) atoms. The lowest BCUT2D eigenvalue weighted by molar-refractivity contribution is -0.374. The van der Waals surface area contributed by atoms with E-state index in [1.165, 1.54) is 13.8 Å². The Morgan fingerprint density at radius 2 is 0.946 bits per heavy atom. The largest absolute Gasteiger partial charge is 0.394 e. The first kappa shape index (κ1) is 62.2. The molecule has 0 aromatic heterocycles. The van der Waals surface area contributed by atoms with Gasteiger partial charge in [-0.2, -0.15) is 0 Å². The quantitative estimate of drug-likeness (QED) is 0.0507. The summed E-state index contributed by atoms with van der Waals surface area (Å²) in [6.45, 7) is 0.640. The molecule has 5 aliphatic rings. The fraction of sp³-hybridized carbons (Fsp3) is 0.929. The van der Waals surface area contributed by atoms with Crippen molar-refractivity contribution < 1.29 is 143 Å². The zero-order valence-corrected chi connectivity index (χ0v) is 40.7. The number of ether oxygens (including phenoxy) is 10. The minimum Gasteiger partial charge on any atom is -0.394 e. The average molecular weight is 1080 g/mol. The lowest BCUT2D eigenvalue weighted by Crippen LogP contribution is -2.71. The number of carbonyl (C=O) groups is 3. The number of aliphatic hydroxyl groups excluding tert-OH is 16. The molecule has 5 heterocycles. The van der Waals surface area contributed by atoms with Crippen LogP contribution >= 0.6 is 0 Å². The second-order valence-corrected chi connectivity index (χ2v) is 18.7. The Hall–Kier alpha value is -2.63. The Bertz CT molecular complexity index is 1780. The summed E-state index contributed by atoms with van der Waals surface area (Å²) in [5.74, 6) is -2.46. The Morgan fingerprint density at radius 1 is 0.486 bits per heavy atom. The van der Waals surface area contributed by atoms with E-state index in [0.717, 1.165) is 20.8 Å².